The third kappa shape index (κ3) is 3.86. The Bertz CT molecular complexity index is 182. The van der Waals surface area contributed by atoms with Crippen molar-refractivity contribution in [1.29, 1.82) is 0 Å². The van der Waals surface area contributed by atoms with Gasteiger partial charge in [-0.1, -0.05) is 12.8 Å². The van der Waals surface area contributed by atoms with Crippen molar-refractivity contribution < 1.29 is 4.42 Å². The van der Waals surface area contributed by atoms with Gasteiger partial charge in [0.15, 0.2) is 0 Å². The Kier molecular flexibility index (Phi) is 5.00. The minimum Gasteiger partial charge on any atom is -0.469 e. The highest BCUT2D eigenvalue weighted by molar-refractivity contribution is 7.80. The molecule has 1 aromatic heterocycles. The summed E-state index contributed by atoms with van der Waals surface area (Å²) >= 11 is 4.16. The number of hydrogen-bond donors (Lipinski definition) is 1. The number of hydrogen-bond acceptors (Lipinski definition) is 2. The molecule has 68 valence electrons. The van der Waals surface area contributed by atoms with Gasteiger partial charge in [-0.3, -0.25) is 0 Å². The van der Waals surface area contributed by atoms with Crippen molar-refractivity contribution in [2.45, 2.75) is 32.1 Å². The number of furan rings is 1. The molecule has 0 fully saturated rings. The van der Waals surface area contributed by atoms with E-state index in [1.165, 1.54) is 25.7 Å². The lowest BCUT2D eigenvalue weighted by Gasteiger charge is -1.96. The smallest absolute Gasteiger partial charge is 0.103 e. The average Bonchev–Trinajstić information content (AvgIpc) is 2.57. The molecule has 1 aromatic rings. The predicted octanol–water partition coefficient (Wildman–Crippen LogP) is 3.31. The zero-order valence-electron chi connectivity index (χ0n) is 7.33. The Morgan fingerprint density at radius 2 is 2.00 bits per heavy atom. The van der Waals surface area contributed by atoms with E-state index in [2.05, 4.69) is 12.6 Å². The summed E-state index contributed by atoms with van der Waals surface area (Å²) in [5, 5.41) is 0. The highest BCUT2D eigenvalue weighted by atomic mass is 32.1. The molecule has 0 aliphatic rings. The van der Waals surface area contributed by atoms with Crippen LogP contribution in [0.5, 0.6) is 0 Å². The van der Waals surface area contributed by atoms with E-state index in [-0.39, 0.29) is 0 Å². The van der Waals surface area contributed by atoms with Crippen molar-refractivity contribution in [3.63, 3.8) is 0 Å². The van der Waals surface area contributed by atoms with Crippen molar-refractivity contribution >= 4 is 12.6 Å². The standard InChI is InChI=1S/C10H16OS/c12-9-4-2-1-3-6-10-7-5-8-11-10/h5,7-8,12H,1-4,6,9H2. The van der Waals surface area contributed by atoms with Gasteiger partial charge in [-0.05, 0) is 30.7 Å². The van der Waals surface area contributed by atoms with E-state index < -0.39 is 0 Å². The van der Waals surface area contributed by atoms with E-state index in [0.717, 1.165) is 17.9 Å². The maximum Gasteiger partial charge on any atom is 0.103 e. The second-order valence-corrected chi connectivity index (χ2v) is 3.41. The zero-order valence-corrected chi connectivity index (χ0v) is 8.22. The van der Waals surface area contributed by atoms with Crippen LogP contribution in [0.4, 0.5) is 0 Å². The van der Waals surface area contributed by atoms with E-state index in [1.807, 2.05) is 12.1 Å². The van der Waals surface area contributed by atoms with Gasteiger partial charge in [0.2, 0.25) is 0 Å². The second-order valence-electron chi connectivity index (χ2n) is 2.97. The lowest BCUT2D eigenvalue weighted by molar-refractivity contribution is 0.495. The topological polar surface area (TPSA) is 13.1 Å². The number of thiol groups is 1. The van der Waals surface area contributed by atoms with E-state index in [9.17, 15) is 0 Å². The van der Waals surface area contributed by atoms with Crippen LogP contribution >= 0.6 is 12.6 Å². The summed E-state index contributed by atoms with van der Waals surface area (Å²) in [6.45, 7) is 0. The fraction of sp³-hybridized carbons (Fsp3) is 0.600. The molecular weight excluding hydrogens is 168 g/mol. The van der Waals surface area contributed by atoms with Crippen LogP contribution < -0.4 is 0 Å². The molecule has 0 saturated carbocycles. The molecule has 0 amide bonds. The monoisotopic (exact) mass is 184 g/mol. The SMILES string of the molecule is SCCCCCCc1ccco1. The van der Waals surface area contributed by atoms with Crippen LogP contribution in [0.2, 0.25) is 0 Å². The fourth-order valence-electron chi connectivity index (χ4n) is 1.22. The third-order valence-corrected chi connectivity index (χ3v) is 2.23. The summed E-state index contributed by atoms with van der Waals surface area (Å²) in [7, 11) is 0. The molecule has 0 aliphatic heterocycles. The first-order chi connectivity index (χ1) is 5.93. The van der Waals surface area contributed by atoms with Crippen LogP contribution in [0.25, 0.3) is 0 Å². The lowest BCUT2D eigenvalue weighted by atomic mass is 10.1. The number of rotatable bonds is 6. The van der Waals surface area contributed by atoms with E-state index in [0.29, 0.717) is 0 Å². The number of aryl methyl sites for hydroxylation is 1. The van der Waals surface area contributed by atoms with Crippen LogP contribution in [-0.2, 0) is 6.42 Å². The highest BCUT2D eigenvalue weighted by Gasteiger charge is 1.94. The first-order valence-corrected chi connectivity index (χ1v) is 5.20. The first kappa shape index (κ1) is 9.72. The van der Waals surface area contributed by atoms with Gasteiger partial charge in [-0.2, -0.15) is 12.6 Å². The first-order valence-electron chi connectivity index (χ1n) is 4.56. The molecule has 1 rings (SSSR count). The van der Waals surface area contributed by atoms with Gasteiger partial charge in [0.05, 0.1) is 6.26 Å². The van der Waals surface area contributed by atoms with E-state index in [4.69, 9.17) is 4.42 Å². The minimum absolute atomic E-state index is 1.01. The molecule has 0 N–H and O–H groups in total. The second kappa shape index (κ2) is 6.18. The van der Waals surface area contributed by atoms with Crippen molar-refractivity contribution in [3.8, 4) is 0 Å². The summed E-state index contributed by atoms with van der Waals surface area (Å²) < 4.78 is 5.22. The van der Waals surface area contributed by atoms with E-state index in [1.54, 1.807) is 6.26 Å². The Balaban J connectivity index is 1.96. The van der Waals surface area contributed by atoms with Gasteiger partial charge >= 0.3 is 0 Å². The van der Waals surface area contributed by atoms with Crippen molar-refractivity contribution in [2.75, 3.05) is 5.75 Å². The average molecular weight is 184 g/mol. The Labute approximate surface area is 79.6 Å². The van der Waals surface area contributed by atoms with Crippen LogP contribution in [-0.4, -0.2) is 5.75 Å². The third-order valence-electron chi connectivity index (χ3n) is 1.91. The molecule has 0 unspecified atom stereocenters. The molecule has 0 aliphatic carbocycles. The molecule has 0 bridgehead atoms. The minimum atomic E-state index is 1.01. The molecule has 0 atom stereocenters. The lowest BCUT2D eigenvalue weighted by Crippen LogP contribution is -1.83. The van der Waals surface area contributed by atoms with Crippen LogP contribution in [0, 0.1) is 0 Å². The Morgan fingerprint density at radius 3 is 2.67 bits per heavy atom. The highest BCUT2D eigenvalue weighted by Crippen LogP contribution is 2.08. The zero-order chi connectivity index (χ0) is 8.65. The van der Waals surface area contributed by atoms with Crippen molar-refractivity contribution in [2.24, 2.45) is 0 Å². The Hall–Kier alpha value is -0.370. The van der Waals surface area contributed by atoms with Gasteiger partial charge in [0.25, 0.3) is 0 Å². The fourth-order valence-corrected chi connectivity index (χ4v) is 1.44. The van der Waals surface area contributed by atoms with Gasteiger partial charge in [-0.15, -0.1) is 0 Å². The molecule has 0 saturated heterocycles. The molecule has 0 radical (unpaired) electrons. The molecule has 1 nitrogen and oxygen atoms in total. The van der Waals surface area contributed by atoms with E-state index >= 15 is 0 Å². The molecular formula is C10H16OS. The van der Waals surface area contributed by atoms with Crippen molar-refractivity contribution in [1.82, 2.24) is 0 Å². The van der Waals surface area contributed by atoms with Crippen molar-refractivity contribution in [3.05, 3.63) is 24.2 Å². The van der Waals surface area contributed by atoms with Gasteiger partial charge < -0.3 is 4.42 Å². The maximum atomic E-state index is 5.22. The molecule has 12 heavy (non-hydrogen) atoms. The quantitative estimate of drug-likeness (QED) is 0.528. The van der Waals surface area contributed by atoms with Crippen LogP contribution in [0.15, 0.2) is 22.8 Å². The molecule has 2 heteroatoms. The molecule has 0 spiro atoms. The van der Waals surface area contributed by atoms with Gasteiger partial charge in [-0.25, -0.2) is 0 Å². The van der Waals surface area contributed by atoms with Crippen LogP contribution in [0.3, 0.4) is 0 Å². The Morgan fingerprint density at radius 1 is 1.17 bits per heavy atom. The number of unbranched alkanes of at least 4 members (excludes halogenated alkanes) is 3. The van der Waals surface area contributed by atoms with Crippen LogP contribution in [0.1, 0.15) is 31.4 Å². The summed E-state index contributed by atoms with van der Waals surface area (Å²) in [4.78, 5) is 0. The summed E-state index contributed by atoms with van der Waals surface area (Å²) in [5.74, 6) is 2.13. The van der Waals surface area contributed by atoms with Gasteiger partial charge in [0, 0.05) is 6.42 Å². The molecule has 0 aromatic carbocycles. The summed E-state index contributed by atoms with van der Waals surface area (Å²) in [6, 6.07) is 3.99. The normalized spacial score (nSPS) is 10.4. The largest absolute Gasteiger partial charge is 0.469 e. The summed E-state index contributed by atoms with van der Waals surface area (Å²) in [6.07, 6.45) is 7.89. The van der Waals surface area contributed by atoms with Gasteiger partial charge in [0.1, 0.15) is 5.76 Å². The predicted molar refractivity (Wildman–Crippen MR) is 54.7 cm³/mol. The summed E-state index contributed by atoms with van der Waals surface area (Å²) in [5.41, 5.74) is 0. The molecule has 1 heterocycles. The maximum absolute atomic E-state index is 5.22.